The first-order valence-corrected chi connectivity index (χ1v) is 15.6. The van der Waals surface area contributed by atoms with Crippen LogP contribution in [0, 0.1) is 6.92 Å². The normalized spacial score (nSPS) is 12.4. The van der Waals surface area contributed by atoms with Gasteiger partial charge in [0.25, 0.3) is 10.0 Å². The fourth-order valence-electron chi connectivity index (χ4n) is 4.32. The van der Waals surface area contributed by atoms with E-state index in [1.807, 2.05) is 27.7 Å². The number of methoxy groups -OCH3 is 1. The van der Waals surface area contributed by atoms with Gasteiger partial charge < -0.3 is 15.0 Å². The summed E-state index contributed by atoms with van der Waals surface area (Å²) in [6.07, 6.45) is 0.286. The van der Waals surface area contributed by atoms with E-state index in [4.69, 9.17) is 27.9 Å². The molecule has 0 fully saturated rings. The van der Waals surface area contributed by atoms with Crippen molar-refractivity contribution in [2.24, 2.45) is 0 Å². The van der Waals surface area contributed by atoms with Gasteiger partial charge in [-0.3, -0.25) is 13.9 Å². The molecule has 226 valence electrons. The lowest BCUT2D eigenvalue weighted by molar-refractivity contribution is -0.141. The van der Waals surface area contributed by atoms with E-state index >= 15 is 0 Å². The third-order valence-corrected chi connectivity index (χ3v) is 8.86. The second-order valence-electron chi connectivity index (χ2n) is 10.9. The summed E-state index contributed by atoms with van der Waals surface area (Å²) in [5.41, 5.74) is 1.25. The molecular weight excluding hydrogens is 597 g/mol. The van der Waals surface area contributed by atoms with Gasteiger partial charge in [-0.15, -0.1) is 0 Å². The van der Waals surface area contributed by atoms with Crippen LogP contribution in [-0.4, -0.2) is 50.4 Å². The van der Waals surface area contributed by atoms with Gasteiger partial charge in [0.05, 0.1) is 17.7 Å². The highest BCUT2D eigenvalue weighted by Crippen LogP contribution is 2.28. The minimum atomic E-state index is -4.20. The Kier molecular flexibility index (Phi) is 10.9. The molecule has 0 radical (unpaired) electrons. The summed E-state index contributed by atoms with van der Waals surface area (Å²) in [5, 5.41) is 3.70. The molecule has 0 aromatic heterocycles. The number of carbonyl (C=O) groups excluding carboxylic acids is 2. The molecule has 0 spiro atoms. The Morgan fingerprint density at radius 2 is 1.60 bits per heavy atom. The molecule has 8 nitrogen and oxygen atoms in total. The smallest absolute Gasteiger partial charge is 0.264 e. The van der Waals surface area contributed by atoms with Crippen molar-refractivity contribution in [1.29, 1.82) is 0 Å². The summed E-state index contributed by atoms with van der Waals surface area (Å²) >= 11 is 12.6. The number of anilines is 1. The van der Waals surface area contributed by atoms with Crippen LogP contribution in [0.25, 0.3) is 0 Å². The second-order valence-corrected chi connectivity index (χ2v) is 13.6. The van der Waals surface area contributed by atoms with E-state index in [2.05, 4.69) is 5.32 Å². The molecule has 42 heavy (non-hydrogen) atoms. The van der Waals surface area contributed by atoms with E-state index in [-0.39, 0.29) is 23.8 Å². The third kappa shape index (κ3) is 8.40. The van der Waals surface area contributed by atoms with Gasteiger partial charge in [0, 0.05) is 22.1 Å². The number of ether oxygens (including phenoxy) is 1. The first-order valence-electron chi connectivity index (χ1n) is 13.4. The van der Waals surface area contributed by atoms with Crippen LogP contribution in [-0.2, 0) is 26.2 Å². The van der Waals surface area contributed by atoms with Crippen molar-refractivity contribution in [2.45, 2.75) is 64.1 Å². The molecule has 1 unspecified atom stereocenters. The van der Waals surface area contributed by atoms with Crippen LogP contribution in [0.5, 0.6) is 5.75 Å². The van der Waals surface area contributed by atoms with E-state index in [1.165, 1.54) is 24.1 Å². The number of hydrogen-bond donors (Lipinski definition) is 1. The molecular formula is C31H37Cl2N3O5S. The molecule has 0 aliphatic rings. The summed E-state index contributed by atoms with van der Waals surface area (Å²) in [7, 11) is -2.71. The van der Waals surface area contributed by atoms with Crippen molar-refractivity contribution in [3.05, 3.63) is 87.9 Å². The molecule has 0 saturated carbocycles. The molecule has 11 heteroatoms. The number of carbonyl (C=O) groups is 2. The molecule has 1 N–H and O–H groups in total. The number of nitrogens with one attached hydrogen (secondary N) is 1. The van der Waals surface area contributed by atoms with Crippen molar-refractivity contribution in [1.82, 2.24) is 10.2 Å². The highest BCUT2D eigenvalue weighted by molar-refractivity contribution is 7.92. The molecule has 0 saturated heterocycles. The van der Waals surface area contributed by atoms with Crippen LogP contribution in [0.1, 0.15) is 45.2 Å². The Bertz CT molecular complexity index is 1510. The third-order valence-electron chi connectivity index (χ3n) is 6.49. The Morgan fingerprint density at radius 1 is 0.976 bits per heavy atom. The first-order chi connectivity index (χ1) is 19.7. The predicted molar refractivity (Wildman–Crippen MR) is 168 cm³/mol. The number of hydrogen-bond acceptors (Lipinski definition) is 5. The topological polar surface area (TPSA) is 96.0 Å². The number of sulfonamides is 1. The quantitative estimate of drug-likeness (QED) is 0.270. The first kappa shape index (κ1) is 33.2. The lowest BCUT2D eigenvalue weighted by Crippen LogP contribution is -2.55. The molecule has 0 bridgehead atoms. The van der Waals surface area contributed by atoms with E-state index < -0.39 is 34.1 Å². The Labute approximate surface area is 258 Å². The highest BCUT2D eigenvalue weighted by Gasteiger charge is 2.35. The number of amides is 2. The standard InChI is InChI=1S/C31H37Cl2N3O5S/c1-7-28(30(38)34-31(3,4)5)35(19-22-10-11-23(32)18-27(22)33)29(37)20-36(24-12-8-21(2)9-13-24)42(39,40)26-16-14-25(41-6)15-17-26/h8-18,28H,7,19-20H2,1-6H3,(H,34,38). The minimum absolute atomic E-state index is 0.0125. The Balaban J connectivity index is 2.09. The van der Waals surface area contributed by atoms with Gasteiger partial charge >= 0.3 is 0 Å². The van der Waals surface area contributed by atoms with E-state index in [0.29, 0.717) is 27.0 Å². The maximum absolute atomic E-state index is 14.2. The second kappa shape index (κ2) is 13.8. The van der Waals surface area contributed by atoms with E-state index in [0.717, 1.165) is 9.87 Å². The molecule has 0 heterocycles. The monoisotopic (exact) mass is 633 g/mol. The maximum Gasteiger partial charge on any atom is 0.264 e. The highest BCUT2D eigenvalue weighted by atomic mass is 35.5. The number of aryl methyl sites for hydroxylation is 1. The zero-order valence-corrected chi connectivity index (χ0v) is 27.0. The van der Waals surface area contributed by atoms with E-state index in [1.54, 1.807) is 61.5 Å². The SMILES string of the molecule is CCC(C(=O)NC(C)(C)C)N(Cc1ccc(Cl)cc1Cl)C(=O)CN(c1ccc(C)cc1)S(=O)(=O)c1ccc(OC)cc1. The van der Waals surface area contributed by atoms with Gasteiger partial charge in [-0.25, -0.2) is 8.42 Å². The van der Waals surface area contributed by atoms with Crippen LogP contribution in [0.3, 0.4) is 0 Å². The average molecular weight is 635 g/mol. The molecule has 3 aromatic carbocycles. The summed E-state index contributed by atoms with van der Waals surface area (Å²) in [4.78, 5) is 29.0. The fourth-order valence-corrected chi connectivity index (χ4v) is 6.20. The van der Waals surface area contributed by atoms with Gasteiger partial charge in [-0.1, -0.05) is 53.9 Å². The zero-order valence-electron chi connectivity index (χ0n) is 24.6. The average Bonchev–Trinajstić information content (AvgIpc) is 2.92. The van der Waals surface area contributed by atoms with Gasteiger partial charge in [0.15, 0.2) is 0 Å². The van der Waals surface area contributed by atoms with Gasteiger partial charge in [-0.05, 0) is 88.2 Å². The lowest BCUT2D eigenvalue weighted by Gasteiger charge is -2.35. The number of halogens is 2. The van der Waals surface area contributed by atoms with Gasteiger partial charge in [-0.2, -0.15) is 0 Å². The van der Waals surface area contributed by atoms with Crippen molar-refractivity contribution in [3.8, 4) is 5.75 Å². The Morgan fingerprint density at radius 3 is 2.12 bits per heavy atom. The molecule has 0 aliphatic heterocycles. The van der Waals surface area contributed by atoms with Crippen LogP contribution in [0.2, 0.25) is 10.0 Å². The molecule has 0 aliphatic carbocycles. The summed E-state index contributed by atoms with van der Waals surface area (Å²) in [5.74, 6) is -0.438. The largest absolute Gasteiger partial charge is 0.497 e. The van der Waals surface area contributed by atoms with Crippen LogP contribution in [0.4, 0.5) is 5.69 Å². The number of benzene rings is 3. The van der Waals surface area contributed by atoms with Crippen LogP contribution < -0.4 is 14.4 Å². The van der Waals surface area contributed by atoms with Crippen molar-refractivity contribution < 1.29 is 22.7 Å². The lowest BCUT2D eigenvalue weighted by atomic mass is 10.1. The number of rotatable bonds is 11. The summed E-state index contributed by atoms with van der Waals surface area (Å²) in [6, 6.07) is 16.8. The molecule has 3 rings (SSSR count). The van der Waals surface area contributed by atoms with Gasteiger partial charge in [0.1, 0.15) is 18.3 Å². The number of nitrogens with zero attached hydrogens (tertiary/aromatic N) is 2. The van der Waals surface area contributed by atoms with Crippen molar-refractivity contribution in [3.63, 3.8) is 0 Å². The van der Waals surface area contributed by atoms with Crippen LogP contribution in [0.15, 0.2) is 71.6 Å². The Hall–Kier alpha value is -3.27. The minimum Gasteiger partial charge on any atom is -0.497 e. The van der Waals surface area contributed by atoms with Crippen molar-refractivity contribution >= 4 is 50.7 Å². The molecule has 1 atom stereocenters. The fraction of sp³-hybridized carbons (Fsp3) is 0.355. The van der Waals surface area contributed by atoms with Gasteiger partial charge in [0.2, 0.25) is 11.8 Å². The zero-order chi connectivity index (χ0) is 31.2. The van der Waals surface area contributed by atoms with E-state index in [9.17, 15) is 18.0 Å². The van der Waals surface area contributed by atoms with Crippen LogP contribution >= 0.6 is 23.2 Å². The van der Waals surface area contributed by atoms with Crippen molar-refractivity contribution in [2.75, 3.05) is 18.0 Å². The molecule has 2 amide bonds. The maximum atomic E-state index is 14.2. The summed E-state index contributed by atoms with van der Waals surface area (Å²) in [6.45, 7) is 8.63. The molecule has 3 aromatic rings. The predicted octanol–water partition coefficient (Wildman–Crippen LogP) is 6.23. The summed E-state index contributed by atoms with van der Waals surface area (Å²) < 4.78 is 34.2.